The first-order chi connectivity index (χ1) is 13.6. The normalized spacial score (nSPS) is 17.2. The zero-order valence-electron chi connectivity index (χ0n) is 16.1. The van der Waals surface area contributed by atoms with Gasteiger partial charge in [0.05, 0.1) is 11.0 Å². The lowest BCUT2D eigenvalue weighted by Gasteiger charge is -2.16. The molecule has 3 aromatic rings. The second-order valence-corrected chi connectivity index (χ2v) is 7.62. The number of nitrogens with zero attached hydrogens (tertiary/aromatic N) is 2. The number of carbonyl (C=O) groups excluding carboxylic acids is 1. The molecule has 0 saturated carbocycles. The summed E-state index contributed by atoms with van der Waals surface area (Å²) in [5, 5.41) is 3.06. The minimum Gasteiger partial charge on any atom is -0.352 e. The van der Waals surface area contributed by atoms with Gasteiger partial charge in [-0.15, -0.1) is 0 Å². The molecular weight excluding hydrogens is 352 g/mol. The third kappa shape index (κ3) is 4.02. The number of hydrogen-bond donors (Lipinski definition) is 2. The van der Waals surface area contributed by atoms with E-state index < -0.39 is 0 Å². The van der Waals surface area contributed by atoms with Crippen molar-refractivity contribution in [1.82, 2.24) is 19.8 Å². The van der Waals surface area contributed by atoms with Gasteiger partial charge in [-0.25, -0.2) is 4.79 Å². The topological polar surface area (TPSA) is 70.1 Å². The summed E-state index contributed by atoms with van der Waals surface area (Å²) in [7, 11) is 1.71. The van der Waals surface area contributed by atoms with Gasteiger partial charge in [0, 0.05) is 32.2 Å². The lowest BCUT2D eigenvalue weighted by molar-refractivity contribution is 0.0947. The molecule has 0 aliphatic carbocycles. The molecule has 1 aromatic heterocycles. The third-order valence-corrected chi connectivity index (χ3v) is 5.65. The second-order valence-electron chi connectivity index (χ2n) is 7.62. The monoisotopic (exact) mass is 378 g/mol. The molecule has 28 heavy (non-hydrogen) atoms. The van der Waals surface area contributed by atoms with Gasteiger partial charge in [-0.05, 0) is 49.1 Å². The van der Waals surface area contributed by atoms with Crippen LogP contribution in [0.1, 0.15) is 22.3 Å². The van der Waals surface area contributed by atoms with Gasteiger partial charge in [-0.1, -0.05) is 30.3 Å². The van der Waals surface area contributed by atoms with E-state index in [1.54, 1.807) is 23.7 Å². The van der Waals surface area contributed by atoms with E-state index in [2.05, 4.69) is 39.5 Å². The Hall–Kier alpha value is -2.86. The van der Waals surface area contributed by atoms with Gasteiger partial charge >= 0.3 is 5.69 Å². The molecular formula is C22H26N4O2. The van der Waals surface area contributed by atoms with E-state index in [4.69, 9.17) is 0 Å². The van der Waals surface area contributed by atoms with E-state index in [1.165, 1.54) is 5.56 Å². The number of fused-ring (bicyclic) bond motifs is 1. The Balaban J connectivity index is 1.27. The Bertz CT molecular complexity index is 1020. The number of rotatable bonds is 6. The van der Waals surface area contributed by atoms with E-state index in [9.17, 15) is 9.59 Å². The van der Waals surface area contributed by atoms with Crippen molar-refractivity contribution in [3.8, 4) is 0 Å². The molecule has 2 aromatic carbocycles. The summed E-state index contributed by atoms with van der Waals surface area (Å²) in [5.74, 6) is 0.398. The maximum absolute atomic E-state index is 12.5. The van der Waals surface area contributed by atoms with Crippen LogP contribution in [-0.2, 0) is 13.5 Å². The molecule has 1 saturated heterocycles. The quantitative estimate of drug-likeness (QED) is 0.691. The van der Waals surface area contributed by atoms with Crippen molar-refractivity contribution in [3.63, 3.8) is 0 Å². The lowest BCUT2D eigenvalue weighted by Crippen LogP contribution is -2.31. The van der Waals surface area contributed by atoms with Crippen molar-refractivity contribution in [1.29, 1.82) is 0 Å². The van der Waals surface area contributed by atoms with Crippen LogP contribution >= 0.6 is 0 Å². The maximum atomic E-state index is 12.5. The Morgan fingerprint density at radius 1 is 1.21 bits per heavy atom. The van der Waals surface area contributed by atoms with Crippen LogP contribution in [0.5, 0.6) is 0 Å². The summed E-state index contributed by atoms with van der Waals surface area (Å²) < 4.78 is 1.54. The highest BCUT2D eigenvalue weighted by molar-refractivity contribution is 5.97. The molecule has 1 aliphatic heterocycles. The third-order valence-electron chi connectivity index (χ3n) is 5.65. The van der Waals surface area contributed by atoms with Gasteiger partial charge < -0.3 is 15.2 Å². The molecule has 1 atom stereocenters. The molecule has 1 aliphatic rings. The minimum atomic E-state index is -0.172. The predicted molar refractivity (Wildman–Crippen MR) is 111 cm³/mol. The fourth-order valence-electron chi connectivity index (χ4n) is 3.93. The number of hydrogen-bond acceptors (Lipinski definition) is 3. The predicted octanol–water partition coefficient (Wildman–Crippen LogP) is 2.16. The number of H-pyrrole nitrogens is 1. The van der Waals surface area contributed by atoms with Gasteiger partial charge in [0.1, 0.15) is 0 Å². The van der Waals surface area contributed by atoms with E-state index in [0.29, 0.717) is 23.5 Å². The number of likely N-dealkylation sites (tertiary alicyclic amines) is 1. The minimum absolute atomic E-state index is 0.0886. The fraction of sp³-hybridized carbons (Fsp3) is 0.364. The summed E-state index contributed by atoms with van der Waals surface area (Å²) in [6.07, 6.45) is 2.18. The smallest absolute Gasteiger partial charge is 0.326 e. The van der Waals surface area contributed by atoms with Crippen molar-refractivity contribution in [3.05, 3.63) is 70.1 Å². The summed E-state index contributed by atoms with van der Waals surface area (Å²) in [5.41, 5.74) is 3.26. The molecule has 6 heteroatoms. The van der Waals surface area contributed by atoms with Crippen molar-refractivity contribution in [2.75, 3.05) is 26.2 Å². The highest BCUT2D eigenvalue weighted by Gasteiger charge is 2.22. The number of aryl methyl sites for hydroxylation is 1. The molecule has 6 nitrogen and oxygen atoms in total. The summed E-state index contributed by atoms with van der Waals surface area (Å²) in [6.45, 7) is 3.86. The Labute approximate surface area is 164 Å². The number of aromatic amines is 1. The number of benzene rings is 2. The van der Waals surface area contributed by atoms with Crippen LogP contribution in [0.2, 0.25) is 0 Å². The van der Waals surface area contributed by atoms with Gasteiger partial charge in [0.15, 0.2) is 0 Å². The molecule has 0 bridgehead atoms. The van der Waals surface area contributed by atoms with Gasteiger partial charge in [0.25, 0.3) is 5.91 Å². The molecule has 2 N–H and O–H groups in total. The molecule has 1 fully saturated rings. The van der Waals surface area contributed by atoms with Gasteiger partial charge in [-0.2, -0.15) is 0 Å². The lowest BCUT2D eigenvalue weighted by atomic mass is 10.1. The Morgan fingerprint density at radius 3 is 2.86 bits per heavy atom. The van der Waals surface area contributed by atoms with E-state index in [0.717, 1.165) is 38.0 Å². The van der Waals surface area contributed by atoms with Crippen molar-refractivity contribution in [2.45, 2.75) is 12.8 Å². The molecule has 2 heterocycles. The fourth-order valence-corrected chi connectivity index (χ4v) is 3.93. The summed E-state index contributed by atoms with van der Waals surface area (Å²) in [4.78, 5) is 29.5. The number of amides is 1. The first-order valence-corrected chi connectivity index (χ1v) is 9.83. The van der Waals surface area contributed by atoms with Crippen molar-refractivity contribution >= 4 is 16.9 Å². The van der Waals surface area contributed by atoms with Crippen LogP contribution in [0.4, 0.5) is 0 Å². The van der Waals surface area contributed by atoms with E-state index in [1.807, 2.05) is 12.1 Å². The molecule has 1 unspecified atom stereocenters. The first kappa shape index (κ1) is 18.5. The van der Waals surface area contributed by atoms with Crippen LogP contribution in [0, 0.1) is 5.92 Å². The average molecular weight is 378 g/mol. The van der Waals surface area contributed by atoms with E-state index in [-0.39, 0.29) is 11.6 Å². The zero-order chi connectivity index (χ0) is 19.5. The largest absolute Gasteiger partial charge is 0.352 e. The highest BCUT2D eigenvalue weighted by Crippen LogP contribution is 2.17. The van der Waals surface area contributed by atoms with Gasteiger partial charge in [0.2, 0.25) is 0 Å². The molecule has 0 radical (unpaired) electrons. The average Bonchev–Trinajstić information content (AvgIpc) is 3.29. The molecule has 1 amide bonds. The zero-order valence-corrected chi connectivity index (χ0v) is 16.1. The number of aromatic nitrogens is 2. The number of imidazole rings is 1. The summed E-state index contributed by atoms with van der Waals surface area (Å²) >= 11 is 0. The maximum Gasteiger partial charge on any atom is 0.326 e. The molecule has 0 spiro atoms. The first-order valence-electron chi connectivity index (χ1n) is 9.83. The second kappa shape index (κ2) is 8.02. The number of nitrogens with one attached hydrogen (secondary N) is 2. The van der Waals surface area contributed by atoms with Crippen LogP contribution < -0.4 is 11.0 Å². The molecule has 146 valence electrons. The molecule has 4 rings (SSSR count). The standard InChI is InChI=1S/C22H26N4O2/c1-25-20-8-7-18(13-19(20)24-22(25)28)21(27)23-14-17-10-12-26(15-17)11-9-16-5-3-2-4-6-16/h2-8,13,17H,9-12,14-15H2,1H3,(H,23,27)(H,24,28). The van der Waals surface area contributed by atoms with Crippen LogP contribution in [0.15, 0.2) is 53.3 Å². The highest BCUT2D eigenvalue weighted by atomic mass is 16.2. The Kier molecular flexibility index (Phi) is 5.30. The van der Waals surface area contributed by atoms with Crippen LogP contribution in [0.3, 0.4) is 0 Å². The SMILES string of the molecule is Cn1c(=O)[nH]c2cc(C(=O)NCC3CCN(CCc4ccccc4)C3)ccc21. The van der Waals surface area contributed by atoms with E-state index >= 15 is 0 Å². The van der Waals surface area contributed by atoms with Gasteiger partial charge in [-0.3, -0.25) is 9.36 Å². The van der Waals surface area contributed by atoms with Crippen LogP contribution in [0.25, 0.3) is 11.0 Å². The number of carbonyl (C=O) groups is 1. The van der Waals surface area contributed by atoms with Crippen LogP contribution in [-0.4, -0.2) is 46.5 Å². The van der Waals surface area contributed by atoms with Crippen molar-refractivity contribution < 1.29 is 4.79 Å². The Morgan fingerprint density at radius 2 is 2.04 bits per heavy atom. The van der Waals surface area contributed by atoms with Crippen molar-refractivity contribution in [2.24, 2.45) is 13.0 Å². The summed E-state index contributed by atoms with van der Waals surface area (Å²) in [6, 6.07) is 15.9.